The van der Waals surface area contributed by atoms with E-state index in [0.717, 1.165) is 0 Å². The molecule has 0 radical (unpaired) electrons. The molecule has 3 fully saturated rings. The maximum absolute atomic E-state index is 11.8. The van der Waals surface area contributed by atoms with Gasteiger partial charge in [0.2, 0.25) is 0 Å². The number of hydrogen-bond donors (Lipinski definition) is 2. The molecular weight excluding hydrogens is 300 g/mol. The van der Waals surface area contributed by atoms with E-state index in [1.807, 2.05) is 6.92 Å². The van der Waals surface area contributed by atoms with E-state index in [1.54, 1.807) is 6.92 Å². The molecule has 0 aromatic carbocycles. The van der Waals surface area contributed by atoms with E-state index in [1.165, 1.54) is 6.92 Å². The number of esters is 2. The van der Waals surface area contributed by atoms with Gasteiger partial charge in [0.05, 0.1) is 11.7 Å². The molecule has 6 heteroatoms. The summed E-state index contributed by atoms with van der Waals surface area (Å²) in [6.07, 6.45) is -0.299. The van der Waals surface area contributed by atoms with Crippen molar-refractivity contribution in [2.75, 3.05) is 0 Å². The number of hydrogen-bond acceptors (Lipinski definition) is 6. The lowest BCUT2D eigenvalue weighted by Gasteiger charge is -2.40. The lowest BCUT2D eigenvalue weighted by atomic mass is 9.73. The monoisotopic (exact) mass is 324 g/mol. The molecule has 0 aromatic rings. The van der Waals surface area contributed by atoms with Crippen molar-refractivity contribution in [3.8, 4) is 0 Å². The molecule has 2 N–H and O–H groups in total. The Morgan fingerprint density at radius 3 is 2.70 bits per heavy atom. The Balaban J connectivity index is 2.02. The van der Waals surface area contributed by atoms with Gasteiger partial charge < -0.3 is 19.7 Å². The van der Waals surface area contributed by atoms with E-state index in [4.69, 9.17) is 9.47 Å². The lowest BCUT2D eigenvalue weighted by Crippen LogP contribution is -2.51. The van der Waals surface area contributed by atoms with Gasteiger partial charge in [0, 0.05) is 30.8 Å². The highest BCUT2D eigenvalue weighted by Gasteiger charge is 2.66. The van der Waals surface area contributed by atoms with Crippen LogP contribution in [0.1, 0.15) is 40.0 Å². The maximum atomic E-state index is 11.8. The Morgan fingerprint density at radius 1 is 1.43 bits per heavy atom. The van der Waals surface area contributed by atoms with E-state index >= 15 is 0 Å². The molecule has 0 aromatic heterocycles. The van der Waals surface area contributed by atoms with Crippen LogP contribution >= 0.6 is 0 Å². The van der Waals surface area contributed by atoms with Gasteiger partial charge in [-0.25, -0.2) is 4.79 Å². The Kier molecular flexibility index (Phi) is 3.61. The first-order valence-corrected chi connectivity index (χ1v) is 8.09. The van der Waals surface area contributed by atoms with Gasteiger partial charge in [-0.2, -0.15) is 0 Å². The van der Waals surface area contributed by atoms with Crippen molar-refractivity contribution in [1.29, 1.82) is 0 Å². The topological polar surface area (TPSA) is 93.1 Å². The van der Waals surface area contributed by atoms with Crippen LogP contribution in [0.2, 0.25) is 0 Å². The van der Waals surface area contributed by atoms with E-state index < -0.39 is 35.2 Å². The third-order valence-corrected chi connectivity index (χ3v) is 6.09. The van der Waals surface area contributed by atoms with Crippen molar-refractivity contribution >= 4 is 11.9 Å². The Labute approximate surface area is 135 Å². The second-order valence-corrected chi connectivity index (χ2v) is 7.51. The summed E-state index contributed by atoms with van der Waals surface area (Å²) in [6, 6.07) is 0. The molecule has 3 aliphatic rings. The minimum atomic E-state index is -1.37. The minimum absolute atomic E-state index is 0.177. The summed E-state index contributed by atoms with van der Waals surface area (Å²) in [4.78, 5) is 23.3. The average Bonchev–Trinajstić information content (AvgIpc) is 2.72. The summed E-state index contributed by atoms with van der Waals surface area (Å²) < 4.78 is 10.9. The zero-order valence-corrected chi connectivity index (χ0v) is 13.7. The smallest absolute Gasteiger partial charge is 0.334 e. The number of carbonyl (C=O) groups is 2. The molecule has 2 saturated carbocycles. The van der Waals surface area contributed by atoms with E-state index in [2.05, 4.69) is 6.58 Å². The molecule has 7 atom stereocenters. The van der Waals surface area contributed by atoms with Gasteiger partial charge in [0.25, 0.3) is 0 Å². The number of ether oxygens (including phenoxy) is 2. The van der Waals surface area contributed by atoms with E-state index in [0.29, 0.717) is 18.4 Å². The predicted molar refractivity (Wildman–Crippen MR) is 80.1 cm³/mol. The molecule has 2 aliphatic carbocycles. The first-order chi connectivity index (χ1) is 10.6. The van der Waals surface area contributed by atoms with Crippen molar-refractivity contribution in [3.05, 3.63) is 12.2 Å². The van der Waals surface area contributed by atoms with E-state index in [9.17, 15) is 19.8 Å². The molecule has 128 valence electrons. The molecule has 23 heavy (non-hydrogen) atoms. The summed E-state index contributed by atoms with van der Waals surface area (Å²) >= 11 is 0. The van der Waals surface area contributed by atoms with Crippen LogP contribution in [0.25, 0.3) is 0 Å². The summed E-state index contributed by atoms with van der Waals surface area (Å²) in [5.74, 6) is -1.84. The second-order valence-electron chi connectivity index (χ2n) is 7.51. The summed E-state index contributed by atoms with van der Waals surface area (Å²) in [6.45, 7) is 8.73. The standard InChI is InChI=1S/C17H24O6/c1-8-5-12-11(9(2)15(20)22-12)6-13-16(4,23-10(3)18)7-14(19)17(8,13)21/h8,11-14,19,21H,2,5-7H2,1,3-4H3/t8-,11+,12+,13-,14-,16+,17-/m0/s1. The lowest BCUT2D eigenvalue weighted by molar-refractivity contribution is -0.169. The van der Waals surface area contributed by atoms with Gasteiger partial charge in [-0.3, -0.25) is 4.79 Å². The molecule has 0 bridgehead atoms. The highest BCUT2D eigenvalue weighted by molar-refractivity contribution is 5.90. The van der Waals surface area contributed by atoms with Crippen LogP contribution in [0.4, 0.5) is 0 Å². The normalized spacial score (nSPS) is 49.2. The minimum Gasteiger partial charge on any atom is -0.459 e. The van der Waals surface area contributed by atoms with Crippen molar-refractivity contribution in [2.45, 2.75) is 63.4 Å². The number of aliphatic hydroxyl groups excluding tert-OH is 1. The zero-order chi connectivity index (χ0) is 17.2. The number of aliphatic hydroxyl groups is 2. The van der Waals surface area contributed by atoms with Crippen molar-refractivity contribution in [1.82, 2.24) is 0 Å². The fourth-order valence-electron chi connectivity index (χ4n) is 4.93. The Bertz CT molecular complexity index is 571. The first kappa shape index (κ1) is 16.5. The van der Waals surface area contributed by atoms with Gasteiger partial charge >= 0.3 is 11.9 Å². The average molecular weight is 324 g/mol. The van der Waals surface area contributed by atoms with Gasteiger partial charge in [0.15, 0.2) is 0 Å². The molecule has 1 saturated heterocycles. The molecule has 1 heterocycles. The quantitative estimate of drug-likeness (QED) is 0.551. The fraction of sp³-hybridized carbons (Fsp3) is 0.765. The van der Waals surface area contributed by atoms with Gasteiger partial charge in [0.1, 0.15) is 11.7 Å². The number of fused-ring (bicyclic) bond motifs is 2. The van der Waals surface area contributed by atoms with Gasteiger partial charge in [-0.15, -0.1) is 0 Å². The molecule has 3 rings (SSSR count). The summed E-state index contributed by atoms with van der Waals surface area (Å²) in [5, 5.41) is 21.8. The highest BCUT2D eigenvalue weighted by atomic mass is 16.6. The molecular formula is C17H24O6. The molecule has 0 unspecified atom stereocenters. The summed E-state index contributed by atoms with van der Waals surface area (Å²) in [7, 11) is 0. The second kappa shape index (κ2) is 5.05. The molecule has 6 nitrogen and oxygen atoms in total. The Morgan fingerprint density at radius 2 is 2.09 bits per heavy atom. The maximum Gasteiger partial charge on any atom is 0.334 e. The van der Waals surface area contributed by atoms with Crippen LogP contribution in [-0.4, -0.2) is 45.6 Å². The number of rotatable bonds is 1. The van der Waals surface area contributed by atoms with Crippen LogP contribution in [0.3, 0.4) is 0 Å². The van der Waals surface area contributed by atoms with Crippen molar-refractivity contribution in [2.24, 2.45) is 17.8 Å². The number of carbonyl (C=O) groups excluding carboxylic acids is 2. The fourth-order valence-corrected chi connectivity index (χ4v) is 4.93. The first-order valence-electron chi connectivity index (χ1n) is 8.09. The van der Waals surface area contributed by atoms with E-state index in [-0.39, 0.29) is 24.4 Å². The zero-order valence-electron chi connectivity index (χ0n) is 13.7. The van der Waals surface area contributed by atoms with Crippen LogP contribution < -0.4 is 0 Å². The van der Waals surface area contributed by atoms with Gasteiger partial charge in [-0.05, 0) is 25.7 Å². The van der Waals surface area contributed by atoms with Gasteiger partial charge in [-0.1, -0.05) is 13.5 Å². The van der Waals surface area contributed by atoms with Crippen molar-refractivity contribution < 1.29 is 29.3 Å². The largest absolute Gasteiger partial charge is 0.459 e. The van der Waals surface area contributed by atoms with Crippen LogP contribution in [0.5, 0.6) is 0 Å². The highest BCUT2D eigenvalue weighted by Crippen LogP contribution is 2.56. The van der Waals surface area contributed by atoms with Crippen molar-refractivity contribution in [3.63, 3.8) is 0 Å². The predicted octanol–water partition coefficient (Wildman–Crippen LogP) is 0.948. The summed E-state index contributed by atoms with van der Waals surface area (Å²) in [5.41, 5.74) is -1.95. The molecule has 1 aliphatic heterocycles. The third kappa shape index (κ3) is 2.22. The third-order valence-electron chi connectivity index (χ3n) is 6.09. The molecule has 0 spiro atoms. The Hall–Kier alpha value is -1.40. The van der Waals surface area contributed by atoms with Crippen LogP contribution in [-0.2, 0) is 19.1 Å². The SMILES string of the molecule is C=C1C(=O)O[C@@H]2C[C@H](C)[C@]3(O)[C@@H](C[C@H]12)[C@](C)(OC(C)=O)C[C@@H]3O. The van der Waals surface area contributed by atoms with Crippen LogP contribution in [0, 0.1) is 17.8 Å². The van der Waals surface area contributed by atoms with Crippen LogP contribution in [0.15, 0.2) is 12.2 Å². The molecule has 0 amide bonds.